The number of hydrogen-bond donors (Lipinski definition) is 3. The first-order valence-electron chi connectivity index (χ1n) is 10.1. The van der Waals surface area contributed by atoms with E-state index >= 15 is 0 Å². The maximum absolute atomic E-state index is 12.2. The summed E-state index contributed by atoms with van der Waals surface area (Å²) < 4.78 is 5.24. The van der Waals surface area contributed by atoms with Crippen LogP contribution in [0.1, 0.15) is 23.1 Å². The zero-order valence-electron chi connectivity index (χ0n) is 17.5. The summed E-state index contributed by atoms with van der Waals surface area (Å²) in [7, 11) is 1.63. The lowest BCUT2D eigenvalue weighted by atomic mass is 9.81. The number of benzene rings is 2. The first kappa shape index (κ1) is 21.5. The summed E-state index contributed by atoms with van der Waals surface area (Å²) in [6.45, 7) is 0. The van der Waals surface area contributed by atoms with Gasteiger partial charge in [-0.2, -0.15) is 5.10 Å². The molecule has 2 aliphatic rings. The van der Waals surface area contributed by atoms with Crippen molar-refractivity contribution in [2.45, 2.75) is 12.8 Å². The third-order valence-electron chi connectivity index (χ3n) is 5.53. The van der Waals surface area contributed by atoms with Gasteiger partial charge in [0.05, 0.1) is 12.8 Å². The number of carbonyl (C=O) groups is 1. The highest BCUT2D eigenvalue weighted by atomic mass is 32.1. The smallest absolute Gasteiger partial charge is 0.234 e. The lowest BCUT2D eigenvalue weighted by Crippen LogP contribution is -2.53. The molecule has 2 aromatic rings. The Hall–Kier alpha value is -3.78. The predicted octanol–water partition coefficient (Wildman–Crippen LogP) is 2.81. The summed E-state index contributed by atoms with van der Waals surface area (Å²) >= 11 is 5.52. The molecule has 0 bridgehead atoms. The first-order chi connectivity index (χ1) is 15.5. The van der Waals surface area contributed by atoms with Crippen molar-refractivity contribution in [3.8, 4) is 5.75 Å². The van der Waals surface area contributed by atoms with Gasteiger partial charge in [-0.05, 0) is 41.8 Å². The van der Waals surface area contributed by atoms with Gasteiger partial charge in [0, 0.05) is 12.0 Å². The van der Waals surface area contributed by atoms with Gasteiger partial charge >= 0.3 is 0 Å². The Morgan fingerprint density at radius 3 is 2.59 bits per heavy atom. The zero-order chi connectivity index (χ0) is 22.6. The van der Waals surface area contributed by atoms with Crippen LogP contribution in [0, 0.1) is 5.41 Å². The summed E-state index contributed by atoms with van der Waals surface area (Å²) in [6, 6.07) is 15.6. The number of nitrogens with zero attached hydrogens (tertiary/aromatic N) is 2. The monoisotopic (exact) mass is 445 g/mol. The highest BCUT2D eigenvalue weighted by Gasteiger charge is 2.38. The van der Waals surface area contributed by atoms with Crippen molar-refractivity contribution in [3.63, 3.8) is 0 Å². The number of nitrogens with one attached hydrogen (secondary N) is 2. The highest BCUT2D eigenvalue weighted by Crippen LogP contribution is 2.28. The number of hydrazine groups is 1. The molecule has 0 saturated carbocycles. The highest BCUT2D eigenvalue weighted by molar-refractivity contribution is 7.80. The summed E-state index contributed by atoms with van der Waals surface area (Å²) in [5.41, 5.74) is 14.3. The molecular weight excluding hydrogens is 422 g/mol. The fraction of sp³-hybridized carbons (Fsp3) is 0.167. The minimum Gasteiger partial charge on any atom is -0.497 e. The van der Waals surface area contributed by atoms with E-state index in [9.17, 15) is 4.79 Å². The SMILES string of the molecule is COc1ccc(C2=NN=C(NNC(=S)C3(C(N)=O)C=CC=CC3)c3ccccc3C2)cc1. The molecule has 0 aromatic heterocycles. The lowest BCUT2D eigenvalue weighted by Gasteiger charge is -2.29. The van der Waals surface area contributed by atoms with Gasteiger partial charge in [-0.3, -0.25) is 15.6 Å². The van der Waals surface area contributed by atoms with Crippen molar-refractivity contribution in [1.82, 2.24) is 10.9 Å². The Kier molecular flexibility index (Phi) is 6.13. The van der Waals surface area contributed by atoms with E-state index in [0.29, 0.717) is 18.7 Å². The number of hydrogen-bond acceptors (Lipinski definition) is 6. The lowest BCUT2D eigenvalue weighted by molar-refractivity contribution is -0.122. The van der Waals surface area contributed by atoms with Gasteiger partial charge in [0.1, 0.15) is 16.2 Å². The predicted molar refractivity (Wildman–Crippen MR) is 130 cm³/mol. The summed E-state index contributed by atoms with van der Waals surface area (Å²) in [4.78, 5) is 12.5. The average Bonchev–Trinajstić information content (AvgIpc) is 3.02. The standard InChI is InChI=1S/C24H23N5O2S/c1-31-18-11-9-16(10-12-18)20-15-17-7-3-4-8-19(17)21(27-26-20)28-29-23(32)24(22(25)30)13-5-2-6-14-24/h2-13H,14-15H2,1H3,(H2,25,30)(H,27,28)(H,29,32). The topological polar surface area (TPSA) is 101 Å². The van der Waals surface area contributed by atoms with Gasteiger partial charge in [-0.1, -0.05) is 60.8 Å². The quantitative estimate of drug-likeness (QED) is 0.496. The Labute approximate surface area is 191 Å². The second-order valence-electron chi connectivity index (χ2n) is 7.46. The van der Waals surface area contributed by atoms with E-state index in [4.69, 9.17) is 22.7 Å². The van der Waals surface area contributed by atoms with Crippen LogP contribution in [-0.2, 0) is 11.2 Å². The van der Waals surface area contributed by atoms with Crippen molar-refractivity contribution >= 4 is 34.7 Å². The van der Waals surface area contributed by atoms with Gasteiger partial charge in [-0.15, -0.1) is 5.10 Å². The molecule has 1 heterocycles. The van der Waals surface area contributed by atoms with Crippen LogP contribution >= 0.6 is 12.2 Å². The largest absolute Gasteiger partial charge is 0.497 e. The van der Waals surface area contributed by atoms with Crippen LogP contribution in [-0.4, -0.2) is 29.6 Å². The molecule has 1 aliphatic carbocycles. The summed E-state index contributed by atoms with van der Waals surface area (Å²) in [6.07, 6.45) is 8.22. The maximum Gasteiger partial charge on any atom is 0.234 e. The normalized spacial score (nSPS) is 19.2. The third kappa shape index (κ3) is 4.17. The van der Waals surface area contributed by atoms with Crippen molar-refractivity contribution < 1.29 is 9.53 Å². The van der Waals surface area contributed by atoms with Crippen LogP contribution in [0.25, 0.3) is 0 Å². The number of methoxy groups -OCH3 is 1. The average molecular weight is 446 g/mol. The molecule has 1 aliphatic heterocycles. The molecule has 4 N–H and O–H groups in total. The molecule has 4 rings (SSSR count). The fourth-order valence-electron chi connectivity index (χ4n) is 3.63. The van der Waals surface area contributed by atoms with E-state index < -0.39 is 11.3 Å². The molecule has 1 unspecified atom stereocenters. The molecule has 0 fully saturated rings. The molecule has 7 nitrogen and oxygen atoms in total. The Morgan fingerprint density at radius 2 is 1.91 bits per heavy atom. The van der Waals surface area contributed by atoms with Crippen molar-refractivity contribution in [2.75, 3.05) is 7.11 Å². The van der Waals surface area contributed by atoms with Crippen molar-refractivity contribution in [3.05, 3.63) is 89.5 Å². The molecule has 0 radical (unpaired) electrons. The molecule has 0 spiro atoms. The van der Waals surface area contributed by atoms with E-state index in [-0.39, 0.29) is 4.99 Å². The molecule has 32 heavy (non-hydrogen) atoms. The van der Waals surface area contributed by atoms with Gasteiger partial charge in [0.25, 0.3) is 0 Å². The minimum atomic E-state index is -1.08. The number of amidine groups is 1. The second kappa shape index (κ2) is 9.15. The van der Waals surface area contributed by atoms with E-state index in [0.717, 1.165) is 28.2 Å². The number of amides is 1. The number of carbonyl (C=O) groups excluding carboxylic acids is 1. The number of nitrogens with two attached hydrogens (primary N) is 1. The Balaban J connectivity index is 1.60. The maximum atomic E-state index is 12.2. The number of allylic oxidation sites excluding steroid dienone is 3. The second-order valence-corrected chi connectivity index (χ2v) is 7.87. The molecular formula is C24H23N5O2S. The molecule has 1 amide bonds. The first-order valence-corrected chi connectivity index (χ1v) is 10.5. The van der Waals surface area contributed by atoms with Gasteiger partial charge in [-0.25, -0.2) is 0 Å². The van der Waals surface area contributed by atoms with Gasteiger partial charge in [0.2, 0.25) is 5.91 Å². The van der Waals surface area contributed by atoms with E-state index in [1.54, 1.807) is 19.3 Å². The number of rotatable bonds is 4. The van der Waals surface area contributed by atoms with E-state index in [1.807, 2.05) is 60.7 Å². The van der Waals surface area contributed by atoms with E-state index in [2.05, 4.69) is 21.1 Å². The Morgan fingerprint density at radius 1 is 1.12 bits per heavy atom. The van der Waals surface area contributed by atoms with Crippen LogP contribution in [0.2, 0.25) is 0 Å². The van der Waals surface area contributed by atoms with Crippen LogP contribution in [0.5, 0.6) is 5.75 Å². The molecule has 2 aromatic carbocycles. The number of fused-ring (bicyclic) bond motifs is 1. The van der Waals surface area contributed by atoms with Crippen LogP contribution in [0.3, 0.4) is 0 Å². The van der Waals surface area contributed by atoms with E-state index in [1.165, 1.54) is 0 Å². The van der Waals surface area contributed by atoms with Gasteiger partial charge < -0.3 is 10.5 Å². The number of ether oxygens (including phenoxy) is 1. The third-order valence-corrected chi connectivity index (χ3v) is 6.00. The summed E-state index contributed by atoms with van der Waals surface area (Å²) in [5, 5.41) is 8.93. The van der Waals surface area contributed by atoms with Crippen LogP contribution < -0.4 is 21.3 Å². The molecule has 162 valence electrons. The zero-order valence-corrected chi connectivity index (χ0v) is 18.4. The molecule has 1 atom stereocenters. The van der Waals surface area contributed by atoms with Crippen molar-refractivity contribution in [1.29, 1.82) is 0 Å². The number of thiocarbonyl (C=S) groups is 1. The van der Waals surface area contributed by atoms with Crippen LogP contribution in [0.15, 0.2) is 83.0 Å². The molecule has 0 saturated heterocycles. The fourth-order valence-corrected chi connectivity index (χ4v) is 3.93. The summed E-state index contributed by atoms with van der Waals surface area (Å²) in [5.74, 6) is 0.767. The molecule has 8 heteroatoms. The van der Waals surface area contributed by atoms with Crippen molar-refractivity contribution in [2.24, 2.45) is 21.4 Å². The minimum absolute atomic E-state index is 0.273. The number of primary amides is 1. The Bertz CT molecular complexity index is 1170. The van der Waals surface area contributed by atoms with Gasteiger partial charge in [0.15, 0.2) is 5.84 Å². The van der Waals surface area contributed by atoms with Crippen LogP contribution in [0.4, 0.5) is 0 Å².